The number of carbonyl (C=O) groups excluding carboxylic acids is 2. The Morgan fingerprint density at radius 2 is 1.87 bits per heavy atom. The number of ether oxygens (including phenoxy) is 2. The molecule has 2 N–H and O–H groups in total. The molecule has 0 unspecified atom stereocenters. The van der Waals surface area contributed by atoms with Gasteiger partial charge in [-0.2, -0.15) is 13.2 Å². The van der Waals surface area contributed by atoms with Crippen LogP contribution in [-0.4, -0.2) is 63.1 Å². The Balaban J connectivity index is 1.67. The van der Waals surface area contributed by atoms with Crippen LogP contribution in [0.15, 0.2) is 11.0 Å². The zero-order valence-corrected chi connectivity index (χ0v) is 23.9. The zero-order valence-electron chi connectivity index (χ0n) is 23.1. The third-order valence-corrected chi connectivity index (χ3v) is 9.82. The zero-order chi connectivity index (χ0) is 29.1. The molecule has 1 saturated carbocycles. The fraction of sp³-hybridized carbons (Fsp3) is 0.750. The molecule has 9 atom stereocenters. The van der Waals surface area contributed by atoms with Crippen LogP contribution >= 0.6 is 11.3 Å². The molecule has 11 heteroatoms. The molecule has 3 heterocycles. The van der Waals surface area contributed by atoms with Gasteiger partial charge in [-0.1, -0.05) is 27.7 Å². The highest BCUT2D eigenvalue weighted by Gasteiger charge is 2.74. The molecule has 2 saturated heterocycles. The molecule has 7 nitrogen and oxygen atoms in total. The quantitative estimate of drug-likeness (QED) is 0.384. The maximum atomic E-state index is 14.3. The van der Waals surface area contributed by atoms with Crippen LogP contribution in [0.2, 0.25) is 0 Å². The van der Waals surface area contributed by atoms with Crippen molar-refractivity contribution in [3.05, 3.63) is 21.7 Å². The third-order valence-electron chi connectivity index (χ3n) is 9.03. The molecule has 0 radical (unpaired) electrons. The number of halogens is 3. The van der Waals surface area contributed by atoms with E-state index in [0.717, 1.165) is 5.01 Å². The highest BCUT2D eigenvalue weighted by molar-refractivity contribution is 7.09. The summed E-state index contributed by atoms with van der Waals surface area (Å²) in [5, 5.41) is 24.5. The standard InChI is InChI=1S/C28H38F3NO6S/c1-13(7-18-12-39-16(4)32-18)20-9-22-27(38-22,28(29,30)31)11-17-8-19(17)14(2)24(35)15(3)25(36)26(5,6)21(33)10-23(34)37-20/h7,12,14-15,17,19-22,24,33,35H,8-11H2,1-6H3/t14-,15+,17+,19+,20-,21-,22-,24-,27+/m0/s1. The van der Waals surface area contributed by atoms with Gasteiger partial charge in [0.1, 0.15) is 18.0 Å². The second-order valence-corrected chi connectivity index (χ2v) is 13.3. The van der Waals surface area contributed by atoms with Crippen molar-refractivity contribution in [2.75, 3.05) is 0 Å². The molecule has 0 bridgehead atoms. The molecule has 1 aromatic rings. The van der Waals surface area contributed by atoms with Crippen LogP contribution in [-0.2, 0) is 19.1 Å². The number of ketones is 1. The number of esters is 1. The Morgan fingerprint density at radius 1 is 1.21 bits per heavy atom. The van der Waals surface area contributed by atoms with Gasteiger partial charge in [-0.3, -0.25) is 9.59 Å². The molecular formula is C28H38F3NO6S. The predicted molar refractivity (Wildman–Crippen MR) is 139 cm³/mol. The van der Waals surface area contributed by atoms with Gasteiger partial charge in [-0.15, -0.1) is 11.3 Å². The molecule has 0 aromatic carbocycles. The summed E-state index contributed by atoms with van der Waals surface area (Å²) in [6.07, 6.45) is -8.19. The molecule has 0 spiro atoms. The topological polar surface area (TPSA) is 109 Å². The van der Waals surface area contributed by atoms with Crippen LogP contribution in [0.1, 0.15) is 71.0 Å². The van der Waals surface area contributed by atoms with Crippen molar-refractivity contribution in [3.63, 3.8) is 0 Å². The van der Waals surface area contributed by atoms with Gasteiger partial charge in [-0.25, -0.2) is 4.98 Å². The largest absolute Gasteiger partial charge is 0.458 e. The number of cyclic esters (lactones) is 1. The number of alkyl halides is 3. The fourth-order valence-corrected chi connectivity index (χ4v) is 6.64. The number of hydrogen-bond acceptors (Lipinski definition) is 8. The third kappa shape index (κ3) is 5.96. The van der Waals surface area contributed by atoms with E-state index < -0.39 is 71.6 Å². The lowest BCUT2D eigenvalue weighted by Crippen LogP contribution is -2.46. The van der Waals surface area contributed by atoms with E-state index in [4.69, 9.17) is 9.47 Å². The molecule has 1 aliphatic carbocycles. The van der Waals surface area contributed by atoms with Crippen molar-refractivity contribution in [2.24, 2.45) is 29.1 Å². The first-order valence-electron chi connectivity index (χ1n) is 13.4. The van der Waals surface area contributed by atoms with Gasteiger partial charge in [0, 0.05) is 17.7 Å². The van der Waals surface area contributed by atoms with E-state index in [1.54, 1.807) is 32.2 Å². The van der Waals surface area contributed by atoms with Gasteiger partial charge >= 0.3 is 12.1 Å². The van der Waals surface area contributed by atoms with Crippen LogP contribution in [0, 0.1) is 36.0 Å². The van der Waals surface area contributed by atoms with Crippen molar-refractivity contribution in [3.8, 4) is 0 Å². The van der Waals surface area contributed by atoms with E-state index in [1.807, 2.05) is 6.92 Å². The lowest BCUT2D eigenvalue weighted by molar-refractivity contribution is -0.187. The van der Waals surface area contributed by atoms with E-state index in [1.165, 1.54) is 25.2 Å². The smallest absolute Gasteiger partial charge is 0.420 e. The Kier molecular flexibility index (Phi) is 8.15. The van der Waals surface area contributed by atoms with E-state index in [2.05, 4.69) is 4.98 Å². The number of hydrogen-bond donors (Lipinski definition) is 2. The highest BCUT2D eigenvalue weighted by atomic mass is 32.1. The van der Waals surface area contributed by atoms with Crippen molar-refractivity contribution in [2.45, 2.75) is 103 Å². The number of aliphatic hydroxyl groups excluding tert-OH is 2. The number of epoxide rings is 1. The van der Waals surface area contributed by atoms with Crippen LogP contribution < -0.4 is 0 Å². The van der Waals surface area contributed by atoms with Gasteiger partial charge in [0.15, 0.2) is 5.60 Å². The van der Waals surface area contributed by atoms with Gasteiger partial charge in [0.25, 0.3) is 0 Å². The number of nitrogens with zero attached hydrogens (tertiary/aromatic N) is 1. The summed E-state index contributed by atoms with van der Waals surface area (Å²) >= 11 is 1.42. The summed E-state index contributed by atoms with van der Waals surface area (Å²) in [5.41, 5.74) is -2.60. The van der Waals surface area contributed by atoms with Crippen molar-refractivity contribution in [1.82, 2.24) is 4.98 Å². The predicted octanol–water partition coefficient (Wildman–Crippen LogP) is 4.88. The number of thiazole rings is 1. The van der Waals surface area contributed by atoms with Gasteiger partial charge in [0.05, 0.1) is 34.7 Å². The summed E-state index contributed by atoms with van der Waals surface area (Å²) in [4.78, 5) is 30.6. The summed E-state index contributed by atoms with van der Waals surface area (Å²) in [7, 11) is 0. The lowest BCUT2D eigenvalue weighted by atomic mass is 9.72. The van der Waals surface area contributed by atoms with E-state index in [0.29, 0.717) is 17.7 Å². The maximum Gasteiger partial charge on any atom is 0.420 e. The van der Waals surface area contributed by atoms with Crippen LogP contribution in [0.3, 0.4) is 0 Å². The number of fused-ring (bicyclic) bond motifs is 2. The van der Waals surface area contributed by atoms with E-state index in [9.17, 15) is 33.0 Å². The molecule has 2 aliphatic heterocycles. The minimum atomic E-state index is -4.63. The summed E-state index contributed by atoms with van der Waals surface area (Å²) in [6, 6.07) is 0. The summed E-state index contributed by atoms with van der Waals surface area (Å²) in [6.45, 7) is 9.83. The van der Waals surface area contributed by atoms with Crippen LogP contribution in [0.25, 0.3) is 6.08 Å². The molecular weight excluding hydrogens is 535 g/mol. The van der Waals surface area contributed by atoms with Gasteiger partial charge in [0.2, 0.25) is 0 Å². The van der Waals surface area contributed by atoms with Crippen LogP contribution in [0.4, 0.5) is 13.2 Å². The Morgan fingerprint density at radius 3 is 2.46 bits per heavy atom. The number of aromatic nitrogens is 1. The summed E-state index contributed by atoms with van der Waals surface area (Å²) in [5.74, 6) is -3.05. The van der Waals surface area contributed by atoms with Crippen molar-refractivity contribution < 1.29 is 42.4 Å². The highest BCUT2D eigenvalue weighted by Crippen LogP contribution is 2.61. The Hall–Kier alpha value is -1.82. The minimum Gasteiger partial charge on any atom is -0.458 e. The van der Waals surface area contributed by atoms with E-state index >= 15 is 0 Å². The monoisotopic (exact) mass is 573 g/mol. The van der Waals surface area contributed by atoms with Gasteiger partial charge in [-0.05, 0) is 56.1 Å². The Labute approximate surface area is 230 Å². The number of rotatable bonds is 2. The minimum absolute atomic E-state index is 0.177. The Bertz CT molecular complexity index is 1130. The maximum absolute atomic E-state index is 14.3. The van der Waals surface area contributed by atoms with E-state index in [-0.39, 0.29) is 24.7 Å². The fourth-order valence-electron chi connectivity index (χ4n) is 6.07. The first-order chi connectivity index (χ1) is 18.0. The molecule has 0 amide bonds. The first-order valence-corrected chi connectivity index (χ1v) is 14.3. The molecule has 218 valence electrons. The average Bonchev–Trinajstić information content (AvgIpc) is 3.72. The van der Waals surface area contributed by atoms with Crippen molar-refractivity contribution in [1.29, 1.82) is 0 Å². The molecule has 3 aliphatic rings. The lowest BCUT2D eigenvalue weighted by Gasteiger charge is -2.34. The van der Waals surface area contributed by atoms with Crippen molar-refractivity contribution >= 4 is 29.2 Å². The number of Topliss-reactive ketones (excluding diaryl/α,β-unsaturated/α-hetero) is 1. The SMILES string of the molecule is CC(=Cc1csc(C)n1)[C@@H]1C[C@@H]2O[C@]2(C(F)(F)F)C[C@H]2C[C@@H]2[C@H](C)[C@H](O)[C@@H](C)C(=O)C(C)(C)[C@@H](O)CC(=O)O1. The number of carbonyl (C=O) groups is 2. The second-order valence-electron chi connectivity index (χ2n) is 12.2. The number of aryl methyl sites for hydroxylation is 1. The van der Waals surface area contributed by atoms with Crippen LogP contribution in [0.5, 0.6) is 0 Å². The molecule has 3 fully saturated rings. The number of aliphatic hydroxyl groups is 2. The first kappa shape index (κ1) is 30.1. The normalized spacial score (nSPS) is 39.9. The summed E-state index contributed by atoms with van der Waals surface area (Å²) < 4.78 is 54.1. The van der Waals surface area contributed by atoms with Gasteiger partial charge < -0.3 is 19.7 Å². The second kappa shape index (κ2) is 10.5. The molecule has 4 rings (SSSR count). The average molecular weight is 574 g/mol. The molecule has 1 aromatic heterocycles. The molecule has 39 heavy (non-hydrogen) atoms.